The summed E-state index contributed by atoms with van der Waals surface area (Å²) in [4.78, 5) is 4.65. The quantitative estimate of drug-likeness (QED) is 0.760. The van der Waals surface area contributed by atoms with Crippen molar-refractivity contribution in [3.8, 4) is 0 Å². The normalized spacial score (nSPS) is 11.3. The Hall–Kier alpha value is -1.75. The second kappa shape index (κ2) is 5.22. The molecule has 0 unspecified atom stereocenters. The fourth-order valence-corrected chi connectivity index (χ4v) is 2.99. The van der Waals surface area contributed by atoms with Crippen molar-refractivity contribution in [2.75, 3.05) is 5.32 Å². The number of rotatable bonds is 3. The maximum atomic E-state index is 5.45. The van der Waals surface area contributed by atoms with Gasteiger partial charge in [-0.25, -0.2) is 4.98 Å². The second-order valence-electron chi connectivity index (χ2n) is 5.35. The number of hydrogen-bond acceptors (Lipinski definition) is 3. The highest BCUT2D eigenvalue weighted by molar-refractivity contribution is 9.10. The van der Waals surface area contributed by atoms with Gasteiger partial charge in [0.2, 0.25) is 0 Å². The Labute approximate surface area is 132 Å². The van der Waals surface area contributed by atoms with Crippen LogP contribution >= 0.6 is 15.9 Å². The zero-order valence-corrected chi connectivity index (χ0v) is 14.2. The number of nitrogens with zero attached hydrogens (tertiary/aromatic N) is 2. The van der Waals surface area contributed by atoms with Crippen molar-refractivity contribution in [1.29, 1.82) is 0 Å². The first-order chi connectivity index (χ1) is 9.97. The summed E-state index contributed by atoms with van der Waals surface area (Å²) in [6.45, 7) is 6.80. The Bertz CT molecular complexity index is 797. The summed E-state index contributed by atoms with van der Waals surface area (Å²) in [5.74, 6) is 1.96. The van der Waals surface area contributed by atoms with E-state index < -0.39 is 0 Å². The molecular weight excluding hydrogens is 330 g/mol. The molecule has 2 aromatic heterocycles. The topological polar surface area (TPSA) is 43.0 Å². The number of hydrogen-bond donors (Lipinski definition) is 1. The molecule has 0 spiro atoms. The Morgan fingerprint density at radius 3 is 2.71 bits per heavy atom. The lowest BCUT2D eigenvalue weighted by molar-refractivity contribution is 0.529. The molecule has 0 saturated heterocycles. The van der Waals surface area contributed by atoms with Crippen molar-refractivity contribution in [3.05, 3.63) is 45.6 Å². The van der Waals surface area contributed by atoms with Crippen LogP contribution in [-0.4, -0.2) is 9.55 Å². The molecule has 0 aliphatic carbocycles. The number of aryl methyl sites for hydroxylation is 4. The van der Waals surface area contributed by atoms with Crippen molar-refractivity contribution >= 4 is 32.7 Å². The summed E-state index contributed by atoms with van der Waals surface area (Å²) in [6, 6.07) is 4.16. The zero-order chi connectivity index (χ0) is 15.1. The molecule has 0 amide bonds. The van der Waals surface area contributed by atoms with Crippen LogP contribution in [0.1, 0.15) is 22.7 Å². The first-order valence-electron chi connectivity index (χ1n) is 6.87. The maximum absolute atomic E-state index is 5.45. The minimum Gasteiger partial charge on any atom is -0.469 e. The fraction of sp³-hybridized carbons (Fsp3) is 0.312. The molecule has 0 fully saturated rings. The van der Waals surface area contributed by atoms with Gasteiger partial charge in [0.15, 0.2) is 0 Å². The van der Waals surface area contributed by atoms with Gasteiger partial charge in [-0.2, -0.15) is 0 Å². The summed E-state index contributed by atoms with van der Waals surface area (Å²) in [5, 5.41) is 3.49. The van der Waals surface area contributed by atoms with Crippen molar-refractivity contribution in [1.82, 2.24) is 9.55 Å². The van der Waals surface area contributed by atoms with E-state index in [0.29, 0.717) is 0 Å². The van der Waals surface area contributed by atoms with Gasteiger partial charge in [-0.1, -0.05) is 15.9 Å². The number of anilines is 1. The molecule has 21 heavy (non-hydrogen) atoms. The van der Waals surface area contributed by atoms with Crippen LogP contribution < -0.4 is 5.32 Å². The SMILES string of the molecule is Cc1coc(C)c1CNc1cc(Br)cc2c1nc(C)n2C. The number of halogens is 1. The minimum absolute atomic E-state index is 0.731. The number of aromatic nitrogens is 2. The fourth-order valence-electron chi connectivity index (χ4n) is 2.55. The van der Waals surface area contributed by atoms with Crippen LogP contribution in [-0.2, 0) is 13.6 Å². The van der Waals surface area contributed by atoms with Gasteiger partial charge < -0.3 is 14.3 Å². The Balaban J connectivity index is 1.99. The largest absolute Gasteiger partial charge is 0.469 e. The molecule has 4 nitrogen and oxygen atoms in total. The minimum atomic E-state index is 0.731. The van der Waals surface area contributed by atoms with Crippen LogP contribution in [0.3, 0.4) is 0 Å². The number of furan rings is 1. The molecule has 0 aliphatic rings. The van der Waals surface area contributed by atoms with Crippen LogP contribution in [0, 0.1) is 20.8 Å². The second-order valence-corrected chi connectivity index (χ2v) is 6.26. The maximum Gasteiger partial charge on any atom is 0.112 e. The Kier molecular flexibility index (Phi) is 3.53. The van der Waals surface area contributed by atoms with Gasteiger partial charge in [-0.3, -0.25) is 0 Å². The molecule has 3 aromatic rings. The van der Waals surface area contributed by atoms with Crippen molar-refractivity contribution in [2.45, 2.75) is 27.3 Å². The molecule has 5 heteroatoms. The number of imidazole rings is 1. The summed E-state index contributed by atoms with van der Waals surface area (Å²) < 4.78 is 8.59. The number of nitrogens with one attached hydrogen (secondary N) is 1. The predicted molar refractivity (Wildman–Crippen MR) is 88.7 cm³/mol. The van der Waals surface area contributed by atoms with Crippen LogP contribution in [0.15, 0.2) is 27.3 Å². The van der Waals surface area contributed by atoms with Gasteiger partial charge in [0.1, 0.15) is 17.1 Å². The van der Waals surface area contributed by atoms with Crippen molar-refractivity contribution in [3.63, 3.8) is 0 Å². The van der Waals surface area contributed by atoms with E-state index in [-0.39, 0.29) is 0 Å². The van der Waals surface area contributed by atoms with Crippen LogP contribution in [0.2, 0.25) is 0 Å². The van der Waals surface area contributed by atoms with Crippen LogP contribution in [0.4, 0.5) is 5.69 Å². The summed E-state index contributed by atoms with van der Waals surface area (Å²) >= 11 is 3.57. The molecule has 0 saturated carbocycles. The van der Waals surface area contributed by atoms with Crippen LogP contribution in [0.25, 0.3) is 11.0 Å². The van der Waals surface area contributed by atoms with E-state index in [9.17, 15) is 0 Å². The van der Waals surface area contributed by atoms with Gasteiger partial charge in [0.05, 0.1) is 17.5 Å². The van der Waals surface area contributed by atoms with Gasteiger partial charge in [-0.15, -0.1) is 0 Å². The third-order valence-electron chi connectivity index (χ3n) is 3.94. The number of benzene rings is 1. The van der Waals surface area contributed by atoms with E-state index in [4.69, 9.17) is 4.42 Å². The average Bonchev–Trinajstić information content (AvgIpc) is 2.90. The molecule has 1 aromatic carbocycles. The predicted octanol–water partition coefficient (Wildman–Crippen LogP) is 4.47. The standard InChI is InChI=1S/C16H18BrN3O/c1-9-8-21-10(2)13(9)7-18-14-5-12(17)6-15-16(14)19-11(3)20(15)4/h5-6,8,18H,7H2,1-4H3. The smallest absolute Gasteiger partial charge is 0.112 e. The third-order valence-corrected chi connectivity index (χ3v) is 4.40. The highest BCUT2D eigenvalue weighted by atomic mass is 79.9. The van der Waals surface area contributed by atoms with Crippen LogP contribution in [0.5, 0.6) is 0 Å². The first kappa shape index (κ1) is 14.2. The summed E-state index contributed by atoms with van der Waals surface area (Å²) in [6.07, 6.45) is 1.80. The molecular formula is C16H18BrN3O. The van der Waals surface area contributed by atoms with Gasteiger partial charge in [0.25, 0.3) is 0 Å². The molecule has 0 bridgehead atoms. The monoisotopic (exact) mass is 347 g/mol. The van der Waals surface area contributed by atoms with E-state index in [1.54, 1.807) is 6.26 Å². The highest BCUT2D eigenvalue weighted by Gasteiger charge is 2.12. The van der Waals surface area contributed by atoms with Crippen molar-refractivity contribution < 1.29 is 4.42 Å². The lowest BCUT2D eigenvalue weighted by atomic mass is 10.1. The molecule has 0 radical (unpaired) electrons. The Morgan fingerprint density at radius 2 is 2.05 bits per heavy atom. The van der Waals surface area contributed by atoms with Crippen molar-refractivity contribution in [2.24, 2.45) is 7.05 Å². The number of fused-ring (bicyclic) bond motifs is 1. The molecule has 3 rings (SSSR count). The lowest BCUT2D eigenvalue weighted by Gasteiger charge is -2.09. The average molecular weight is 348 g/mol. The third kappa shape index (κ3) is 2.46. The van der Waals surface area contributed by atoms with E-state index in [1.807, 2.05) is 20.9 Å². The molecule has 0 aliphatic heterocycles. The molecule has 110 valence electrons. The highest BCUT2D eigenvalue weighted by Crippen LogP contribution is 2.29. The van der Waals surface area contributed by atoms with Gasteiger partial charge in [0, 0.05) is 23.6 Å². The molecule has 1 N–H and O–H groups in total. The van der Waals surface area contributed by atoms with Gasteiger partial charge >= 0.3 is 0 Å². The van der Waals surface area contributed by atoms with E-state index in [1.165, 1.54) is 11.1 Å². The molecule has 0 atom stereocenters. The lowest BCUT2D eigenvalue weighted by Crippen LogP contribution is -2.02. The summed E-state index contributed by atoms with van der Waals surface area (Å²) in [7, 11) is 2.03. The molecule has 2 heterocycles. The zero-order valence-electron chi connectivity index (χ0n) is 12.6. The van der Waals surface area contributed by atoms with Gasteiger partial charge in [-0.05, 0) is 38.5 Å². The van der Waals surface area contributed by atoms with E-state index in [0.717, 1.165) is 39.3 Å². The van der Waals surface area contributed by atoms with E-state index in [2.05, 4.69) is 49.9 Å². The summed E-state index contributed by atoms with van der Waals surface area (Å²) in [5.41, 5.74) is 5.52. The first-order valence-corrected chi connectivity index (χ1v) is 7.66. The Morgan fingerprint density at radius 1 is 1.29 bits per heavy atom. The van der Waals surface area contributed by atoms with E-state index >= 15 is 0 Å².